The van der Waals surface area contributed by atoms with Crippen molar-refractivity contribution in [2.45, 2.75) is 46.3 Å². The van der Waals surface area contributed by atoms with Gasteiger partial charge in [0.1, 0.15) is 11.4 Å². The summed E-state index contributed by atoms with van der Waals surface area (Å²) in [6, 6.07) is 8.07. The Morgan fingerprint density at radius 3 is 2.26 bits per heavy atom. The van der Waals surface area contributed by atoms with E-state index in [1.807, 2.05) is 52.8 Å². The van der Waals surface area contributed by atoms with Crippen molar-refractivity contribution < 1.29 is 14.3 Å². The molecule has 1 aliphatic heterocycles. The minimum atomic E-state index is -0.452. The SMILES string of the molecule is CC(C)Oc1ccccc1N1CCN(C(=O)OC(C)(C)C)CC1. The number of hydrogen-bond acceptors (Lipinski definition) is 4. The van der Waals surface area contributed by atoms with E-state index in [1.165, 1.54) is 0 Å². The first kappa shape index (κ1) is 17.4. The number of rotatable bonds is 3. The Bertz CT molecular complexity index is 529. The molecule has 0 bridgehead atoms. The average Bonchev–Trinajstić information content (AvgIpc) is 2.45. The summed E-state index contributed by atoms with van der Waals surface area (Å²) in [6.07, 6.45) is -0.0944. The van der Waals surface area contributed by atoms with Gasteiger partial charge in [-0.1, -0.05) is 12.1 Å². The summed E-state index contributed by atoms with van der Waals surface area (Å²) in [4.78, 5) is 16.2. The van der Waals surface area contributed by atoms with E-state index in [0.717, 1.165) is 24.5 Å². The molecular formula is C18H28N2O3. The van der Waals surface area contributed by atoms with Crippen molar-refractivity contribution >= 4 is 11.8 Å². The van der Waals surface area contributed by atoms with Crippen molar-refractivity contribution in [2.75, 3.05) is 31.1 Å². The number of benzene rings is 1. The Kier molecular flexibility index (Phi) is 5.39. The van der Waals surface area contributed by atoms with Gasteiger partial charge in [0.15, 0.2) is 0 Å². The van der Waals surface area contributed by atoms with Gasteiger partial charge in [-0.3, -0.25) is 0 Å². The third-order valence-corrected chi connectivity index (χ3v) is 3.50. The molecule has 5 nitrogen and oxygen atoms in total. The van der Waals surface area contributed by atoms with E-state index in [4.69, 9.17) is 9.47 Å². The van der Waals surface area contributed by atoms with Crippen molar-refractivity contribution in [3.63, 3.8) is 0 Å². The largest absolute Gasteiger partial charge is 0.489 e. The molecule has 0 aliphatic carbocycles. The molecule has 1 saturated heterocycles. The van der Waals surface area contributed by atoms with Gasteiger partial charge in [0.2, 0.25) is 0 Å². The van der Waals surface area contributed by atoms with E-state index < -0.39 is 5.60 Å². The van der Waals surface area contributed by atoms with Crippen molar-refractivity contribution in [1.82, 2.24) is 4.90 Å². The summed E-state index contributed by atoms with van der Waals surface area (Å²) in [5, 5.41) is 0. The van der Waals surface area contributed by atoms with Crippen LogP contribution in [-0.4, -0.2) is 48.9 Å². The first-order chi connectivity index (χ1) is 10.8. The van der Waals surface area contributed by atoms with Crippen LogP contribution in [0, 0.1) is 0 Å². The van der Waals surface area contributed by atoms with Gasteiger partial charge in [0.05, 0.1) is 11.8 Å². The van der Waals surface area contributed by atoms with Crippen LogP contribution in [0.4, 0.5) is 10.5 Å². The minimum Gasteiger partial charge on any atom is -0.489 e. The maximum atomic E-state index is 12.1. The Balaban J connectivity index is 1.98. The zero-order valence-corrected chi connectivity index (χ0v) is 14.8. The number of carbonyl (C=O) groups is 1. The van der Waals surface area contributed by atoms with E-state index in [2.05, 4.69) is 11.0 Å². The second kappa shape index (κ2) is 7.11. The molecule has 1 aliphatic rings. The lowest BCUT2D eigenvalue weighted by Gasteiger charge is -2.37. The molecule has 23 heavy (non-hydrogen) atoms. The summed E-state index contributed by atoms with van der Waals surface area (Å²) >= 11 is 0. The van der Waals surface area contributed by atoms with Crippen LogP contribution in [0.15, 0.2) is 24.3 Å². The van der Waals surface area contributed by atoms with Crippen LogP contribution in [0.25, 0.3) is 0 Å². The van der Waals surface area contributed by atoms with E-state index in [9.17, 15) is 4.79 Å². The molecule has 0 spiro atoms. The fourth-order valence-electron chi connectivity index (χ4n) is 2.53. The highest BCUT2D eigenvalue weighted by Crippen LogP contribution is 2.29. The summed E-state index contributed by atoms with van der Waals surface area (Å²) in [5.41, 5.74) is 0.636. The number of hydrogen-bond donors (Lipinski definition) is 0. The highest BCUT2D eigenvalue weighted by molar-refractivity contribution is 5.69. The molecule has 2 rings (SSSR count). The van der Waals surface area contributed by atoms with E-state index in [0.29, 0.717) is 13.1 Å². The summed E-state index contributed by atoms with van der Waals surface area (Å²) in [7, 11) is 0. The van der Waals surface area contributed by atoms with Gasteiger partial charge < -0.3 is 19.3 Å². The quantitative estimate of drug-likeness (QED) is 0.854. The van der Waals surface area contributed by atoms with Crippen molar-refractivity contribution in [3.8, 4) is 5.75 Å². The molecule has 128 valence electrons. The highest BCUT2D eigenvalue weighted by Gasteiger charge is 2.26. The summed E-state index contributed by atoms with van der Waals surface area (Å²) in [5.74, 6) is 0.896. The van der Waals surface area contributed by atoms with Gasteiger partial charge in [0.25, 0.3) is 0 Å². The first-order valence-electron chi connectivity index (χ1n) is 8.25. The molecule has 1 amide bonds. The standard InChI is InChI=1S/C18H28N2O3/c1-14(2)22-16-9-7-6-8-15(16)19-10-12-20(13-11-19)17(21)23-18(3,4)5/h6-9,14H,10-13H2,1-5H3. The Morgan fingerprint density at radius 2 is 1.70 bits per heavy atom. The number of carbonyl (C=O) groups excluding carboxylic acids is 1. The number of ether oxygens (including phenoxy) is 2. The van der Waals surface area contributed by atoms with Gasteiger partial charge in [0, 0.05) is 26.2 Å². The van der Waals surface area contributed by atoms with Crippen molar-refractivity contribution in [1.29, 1.82) is 0 Å². The molecule has 1 heterocycles. The smallest absolute Gasteiger partial charge is 0.410 e. The zero-order chi connectivity index (χ0) is 17.0. The average molecular weight is 320 g/mol. The van der Waals surface area contributed by atoms with Gasteiger partial charge in [-0.2, -0.15) is 0 Å². The monoisotopic (exact) mass is 320 g/mol. The van der Waals surface area contributed by atoms with E-state index >= 15 is 0 Å². The number of nitrogens with zero attached hydrogens (tertiary/aromatic N) is 2. The molecule has 0 unspecified atom stereocenters. The topological polar surface area (TPSA) is 42.0 Å². The molecular weight excluding hydrogens is 292 g/mol. The maximum Gasteiger partial charge on any atom is 0.410 e. The predicted octanol–water partition coefficient (Wildman–Crippen LogP) is 3.53. The second-order valence-electron chi connectivity index (χ2n) is 7.09. The van der Waals surface area contributed by atoms with Crippen LogP contribution < -0.4 is 9.64 Å². The van der Waals surface area contributed by atoms with E-state index in [-0.39, 0.29) is 12.2 Å². The van der Waals surface area contributed by atoms with Crippen LogP contribution in [-0.2, 0) is 4.74 Å². The number of amides is 1. The minimum absolute atomic E-state index is 0.138. The molecule has 0 radical (unpaired) electrons. The lowest BCUT2D eigenvalue weighted by atomic mass is 10.2. The van der Waals surface area contributed by atoms with Crippen LogP contribution >= 0.6 is 0 Å². The first-order valence-corrected chi connectivity index (χ1v) is 8.25. The maximum absolute atomic E-state index is 12.1. The zero-order valence-electron chi connectivity index (χ0n) is 14.8. The fraction of sp³-hybridized carbons (Fsp3) is 0.611. The Morgan fingerprint density at radius 1 is 1.09 bits per heavy atom. The summed E-state index contributed by atoms with van der Waals surface area (Å²) < 4.78 is 11.3. The van der Waals surface area contributed by atoms with Gasteiger partial charge in [-0.15, -0.1) is 0 Å². The molecule has 0 atom stereocenters. The molecule has 1 aromatic carbocycles. The van der Waals surface area contributed by atoms with E-state index in [1.54, 1.807) is 4.90 Å². The molecule has 1 fully saturated rings. The molecule has 0 saturated carbocycles. The predicted molar refractivity (Wildman–Crippen MR) is 92.2 cm³/mol. The number of anilines is 1. The highest BCUT2D eigenvalue weighted by atomic mass is 16.6. The normalized spacial score (nSPS) is 15.7. The van der Waals surface area contributed by atoms with Gasteiger partial charge in [-0.05, 0) is 46.8 Å². The third-order valence-electron chi connectivity index (χ3n) is 3.50. The second-order valence-corrected chi connectivity index (χ2v) is 7.09. The Labute approximate surface area is 139 Å². The van der Waals surface area contributed by atoms with Gasteiger partial charge in [-0.25, -0.2) is 4.79 Å². The number of para-hydroxylation sites is 2. The summed E-state index contributed by atoms with van der Waals surface area (Å²) in [6.45, 7) is 12.6. The number of piperazine rings is 1. The molecule has 0 N–H and O–H groups in total. The fourth-order valence-corrected chi connectivity index (χ4v) is 2.53. The van der Waals surface area contributed by atoms with Crippen molar-refractivity contribution in [3.05, 3.63) is 24.3 Å². The van der Waals surface area contributed by atoms with Crippen LogP contribution in [0.1, 0.15) is 34.6 Å². The molecule has 1 aromatic rings. The van der Waals surface area contributed by atoms with Gasteiger partial charge >= 0.3 is 6.09 Å². The molecule has 0 aromatic heterocycles. The van der Waals surface area contributed by atoms with Crippen LogP contribution in [0.2, 0.25) is 0 Å². The lowest BCUT2D eigenvalue weighted by Crippen LogP contribution is -2.50. The lowest BCUT2D eigenvalue weighted by molar-refractivity contribution is 0.0240. The van der Waals surface area contributed by atoms with Crippen LogP contribution in [0.3, 0.4) is 0 Å². The Hall–Kier alpha value is -1.91. The third kappa shape index (κ3) is 5.05. The molecule has 5 heteroatoms. The van der Waals surface area contributed by atoms with Crippen molar-refractivity contribution in [2.24, 2.45) is 0 Å². The van der Waals surface area contributed by atoms with Crippen LogP contribution in [0.5, 0.6) is 5.75 Å².